The maximum atomic E-state index is 12.2. The van der Waals surface area contributed by atoms with Crippen molar-refractivity contribution >= 4 is 5.97 Å². The molecule has 0 amide bonds. The van der Waals surface area contributed by atoms with E-state index in [-0.39, 0.29) is 18.8 Å². The van der Waals surface area contributed by atoms with Crippen molar-refractivity contribution in [3.8, 4) is 5.75 Å². The standard InChI is InChI=1S/C14H18F3NO3/c1-2-7-18(9-13(19)20)8-11-5-3-4-6-12(11)21-10-14(15,16)17/h3-6H,2,7-10H2,1H3,(H,19,20). The second kappa shape index (κ2) is 7.87. The minimum atomic E-state index is -4.41. The lowest BCUT2D eigenvalue weighted by molar-refractivity contribution is -0.153. The molecule has 1 aromatic carbocycles. The van der Waals surface area contributed by atoms with E-state index in [9.17, 15) is 18.0 Å². The van der Waals surface area contributed by atoms with E-state index in [0.717, 1.165) is 6.42 Å². The van der Waals surface area contributed by atoms with Crippen molar-refractivity contribution in [1.29, 1.82) is 0 Å². The number of para-hydroxylation sites is 1. The third kappa shape index (κ3) is 6.99. The smallest absolute Gasteiger partial charge is 0.422 e. The van der Waals surface area contributed by atoms with Gasteiger partial charge in [-0.1, -0.05) is 25.1 Å². The Hall–Kier alpha value is -1.76. The molecule has 0 fully saturated rings. The number of carbonyl (C=O) groups is 1. The van der Waals surface area contributed by atoms with Gasteiger partial charge in [0, 0.05) is 12.1 Å². The highest BCUT2D eigenvalue weighted by Gasteiger charge is 2.28. The second-order valence-electron chi connectivity index (χ2n) is 4.62. The fourth-order valence-corrected chi connectivity index (χ4v) is 1.90. The minimum Gasteiger partial charge on any atom is -0.484 e. The van der Waals surface area contributed by atoms with Crippen molar-refractivity contribution in [2.24, 2.45) is 0 Å². The van der Waals surface area contributed by atoms with E-state index in [1.807, 2.05) is 6.92 Å². The summed E-state index contributed by atoms with van der Waals surface area (Å²) >= 11 is 0. The zero-order valence-electron chi connectivity index (χ0n) is 11.7. The Morgan fingerprint density at radius 1 is 1.33 bits per heavy atom. The third-order valence-electron chi connectivity index (χ3n) is 2.66. The number of benzene rings is 1. The van der Waals surface area contributed by atoms with Gasteiger partial charge in [-0.2, -0.15) is 13.2 Å². The summed E-state index contributed by atoms with van der Waals surface area (Å²) in [5, 5.41) is 8.85. The summed E-state index contributed by atoms with van der Waals surface area (Å²) in [6, 6.07) is 6.35. The number of carboxylic acid groups (broad SMARTS) is 1. The van der Waals surface area contributed by atoms with Crippen LogP contribution in [0.15, 0.2) is 24.3 Å². The molecule has 4 nitrogen and oxygen atoms in total. The van der Waals surface area contributed by atoms with Crippen LogP contribution in [0.2, 0.25) is 0 Å². The number of ether oxygens (including phenoxy) is 1. The molecule has 0 spiro atoms. The second-order valence-corrected chi connectivity index (χ2v) is 4.62. The van der Waals surface area contributed by atoms with E-state index < -0.39 is 18.8 Å². The van der Waals surface area contributed by atoms with Crippen molar-refractivity contribution in [3.05, 3.63) is 29.8 Å². The summed E-state index contributed by atoms with van der Waals surface area (Å²) in [5.74, 6) is -0.849. The van der Waals surface area contributed by atoms with Crippen LogP contribution in [-0.2, 0) is 11.3 Å². The zero-order chi connectivity index (χ0) is 15.9. The van der Waals surface area contributed by atoms with Crippen LogP contribution < -0.4 is 4.74 Å². The number of rotatable bonds is 8. The van der Waals surface area contributed by atoms with Gasteiger partial charge in [0.15, 0.2) is 6.61 Å². The van der Waals surface area contributed by atoms with Gasteiger partial charge < -0.3 is 9.84 Å². The van der Waals surface area contributed by atoms with Crippen molar-refractivity contribution in [2.75, 3.05) is 19.7 Å². The van der Waals surface area contributed by atoms with Gasteiger partial charge in [-0.15, -0.1) is 0 Å². The number of hydrogen-bond donors (Lipinski definition) is 1. The summed E-state index contributed by atoms with van der Waals surface area (Å²) in [5.41, 5.74) is 0.538. The molecule has 118 valence electrons. The lowest BCUT2D eigenvalue weighted by atomic mass is 10.2. The van der Waals surface area contributed by atoms with E-state index in [1.54, 1.807) is 23.1 Å². The van der Waals surface area contributed by atoms with Crippen molar-refractivity contribution in [2.45, 2.75) is 26.1 Å². The molecule has 0 aliphatic rings. The van der Waals surface area contributed by atoms with Gasteiger partial charge >= 0.3 is 12.1 Å². The Labute approximate surface area is 121 Å². The van der Waals surface area contributed by atoms with Gasteiger partial charge in [0.25, 0.3) is 0 Å². The van der Waals surface area contributed by atoms with E-state index in [1.165, 1.54) is 6.07 Å². The highest BCUT2D eigenvalue weighted by atomic mass is 19.4. The van der Waals surface area contributed by atoms with Gasteiger partial charge in [-0.3, -0.25) is 9.69 Å². The number of halogens is 3. The fraction of sp³-hybridized carbons (Fsp3) is 0.500. The molecule has 0 bridgehead atoms. The quantitative estimate of drug-likeness (QED) is 0.802. The van der Waals surface area contributed by atoms with Crippen LogP contribution >= 0.6 is 0 Å². The molecule has 0 saturated heterocycles. The Morgan fingerprint density at radius 3 is 2.57 bits per heavy atom. The van der Waals surface area contributed by atoms with E-state index in [4.69, 9.17) is 9.84 Å². The van der Waals surface area contributed by atoms with Gasteiger partial charge in [-0.25, -0.2) is 0 Å². The normalized spacial score (nSPS) is 11.7. The Kier molecular flexibility index (Phi) is 6.48. The van der Waals surface area contributed by atoms with Gasteiger partial charge in [-0.05, 0) is 19.0 Å². The molecule has 7 heteroatoms. The summed E-state index contributed by atoms with van der Waals surface area (Å²) in [7, 11) is 0. The first kappa shape index (κ1) is 17.3. The summed E-state index contributed by atoms with van der Waals surface area (Å²) < 4.78 is 41.4. The van der Waals surface area contributed by atoms with Crippen LogP contribution in [-0.4, -0.2) is 41.8 Å². The molecule has 1 rings (SSSR count). The molecular weight excluding hydrogens is 287 g/mol. The first-order chi connectivity index (χ1) is 9.81. The Morgan fingerprint density at radius 2 is 2.00 bits per heavy atom. The lowest BCUT2D eigenvalue weighted by Crippen LogP contribution is -2.30. The molecule has 0 unspecified atom stereocenters. The predicted molar refractivity (Wildman–Crippen MR) is 71.2 cm³/mol. The maximum absolute atomic E-state index is 12.2. The van der Waals surface area contributed by atoms with E-state index >= 15 is 0 Å². The number of carboxylic acids is 1. The van der Waals surface area contributed by atoms with E-state index in [0.29, 0.717) is 12.1 Å². The molecule has 1 aromatic rings. The summed E-state index contributed by atoms with van der Waals surface area (Å²) in [6.07, 6.45) is -3.66. The van der Waals surface area contributed by atoms with Crippen LogP contribution in [0.25, 0.3) is 0 Å². The van der Waals surface area contributed by atoms with Crippen LogP contribution in [0.4, 0.5) is 13.2 Å². The highest BCUT2D eigenvalue weighted by molar-refractivity contribution is 5.69. The van der Waals surface area contributed by atoms with E-state index in [2.05, 4.69) is 0 Å². The number of nitrogens with zero attached hydrogens (tertiary/aromatic N) is 1. The number of hydrogen-bond acceptors (Lipinski definition) is 3. The molecule has 0 radical (unpaired) electrons. The summed E-state index contributed by atoms with van der Waals surface area (Å²) in [6.45, 7) is 1.15. The van der Waals surface area contributed by atoms with Crippen molar-refractivity contribution < 1.29 is 27.8 Å². The van der Waals surface area contributed by atoms with Gasteiger partial charge in [0.05, 0.1) is 6.54 Å². The Bertz CT molecular complexity index is 463. The number of alkyl halides is 3. The first-order valence-electron chi connectivity index (χ1n) is 6.53. The van der Waals surface area contributed by atoms with Gasteiger partial charge in [0.2, 0.25) is 0 Å². The lowest BCUT2D eigenvalue weighted by Gasteiger charge is -2.21. The molecule has 0 atom stereocenters. The molecule has 0 aliphatic carbocycles. The molecule has 0 heterocycles. The topological polar surface area (TPSA) is 49.8 Å². The molecular formula is C14H18F3NO3. The molecule has 21 heavy (non-hydrogen) atoms. The fourth-order valence-electron chi connectivity index (χ4n) is 1.90. The largest absolute Gasteiger partial charge is 0.484 e. The molecule has 0 aromatic heterocycles. The Balaban J connectivity index is 2.78. The van der Waals surface area contributed by atoms with Crippen LogP contribution in [0.5, 0.6) is 5.75 Å². The average molecular weight is 305 g/mol. The molecule has 1 N–H and O–H groups in total. The number of aliphatic carboxylic acids is 1. The van der Waals surface area contributed by atoms with Crippen LogP contribution in [0, 0.1) is 0 Å². The van der Waals surface area contributed by atoms with Crippen LogP contribution in [0.3, 0.4) is 0 Å². The van der Waals surface area contributed by atoms with Gasteiger partial charge in [0.1, 0.15) is 5.75 Å². The highest BCUT2D eigenvalue weighted by Crippen LogP contribution is 2.23. The average Bonchev–Trinajstić information content (AvgIpc) is 2.36. The third-order valence-corrected chi connectivity index (χ3v) is 2.66. The first-order valence-corrected chi connectivity index (χ1v) is 6.53. The molecule has 0 aliphatic heterocycles. The maximum Gasteiger partial charge on any atom is 0.422 e. The molecule has 0 saturated carbocycles. The van der Waals surface area contributed by atoms with Crippen molar-refractivity contribution in [3.63, 3.8) is 0 Å². The predicted octanol–water partition coefficient (Wildman–Crippen LogP) is 2.92. The summed E-state index contributed by atoms with van der Waals surface area (Å²) in [4.78, 5) is 12.4. The minimum absolute atomic E-state index is 0.126. The SMILES string of the molecule is CCCN(CC(=O)O)Cc1ccccc1OCC(F)(F)F. The van der Waals surface area contributed by atoms with Crippen LogP contribution in [0.1, 0.15) is 18.9 Å². The zero-order valence-corrected chi connectivity index (χ0v) is 11.7. The monoisotopic (exact) mass is 305 g/mol. The van der Waals surface area contributed by atoms with Crippen molar-refractivity contribution in [1.82, 2.24) is 4.90 Å².